The van der Waals surface area contributed by atoms with Crippen LogP contribution in [0.4, 0.5) is 0 Å². The zero-order valence-electron chi connectivity index (χ0n) is 14.1. The SMILES string of the molecule is CCNCC(OC1CC(C)CC(C)(C)C1)c1ccccc1. The van der Waals surface area contributed by atoms with Crippen molar-refractivity contribution in [3.8, 4) is 0 Å². The highest BCUT2D eigenvalue weighted by Crippen LogP contribution is 2.41. The van der Waals surface area contributed by atoms with E-state index < -0.39 is 0 Å². The normalized spacial score (nSPS) is 26.5. The summed E-state index contributed by atoms with van der Waals surface area (Å²) >= 11 is 0. The van der Waals surface area contributed by atoms with Crippen LogP contribution in [-0.2, 0) is 4.74 Å². The summed E-state index contributed by atoms with van der Waals surface area (Å²) in [5.41, 5.74) is 1.69. The van der Waals surface area contributed by atoms with Gasteiger partial charge in [0.2, 0.25) is 0 Å². The summed E-state index contributed by atoms with van der Waals surface area (Å²) in [5.74, 6) is 0.759. The first-order valence-electron chi connectivity index (χ1n) is 8.41. The van der Waals surface area contributed by atoms with Crippen molar-refractivity contribution in [2.24, 2.45) is 11.3 Å². The molecular weight excluding hydrogens is 258 g/mol. The van der Waals surface area contributed by atoms with Gasteiger partial charge in [-0.1, -0.05) is 58.0 Å². The lowest BCUT2D eigenvalue weighted by Crippen LogP contribution is -2.35. The molecule has 1 aromatic rings. The van der Waals surface area contributed by atoms with Gasteiger partial charge in [-0.25, -0.2) is 0 Å². The predicted octanol–water partition coefficient (Wildman–Crippen LogP) is 4.57. The fourth-order valence-corrected chi connectivity index (χ4v) is 3.78. The highest BCUT2D eigenvalue weighted by molar-refractivity contribution is 5.18. The standard InChI is InChI=1S/C19H31NO/c1-5-20-14-18(16-9-7-6-8-10-16)21-17-11-15(2)12-19(3,4)13-17/h6-10,15,17-18,20H,5,11-14H2,1-4H3. The third kappa shape index (κ3) is 5.12. The van der Waals surface area contributed by atoms with Crippen molar-refractivity contribution in [1.82, 2.24) is 5.32 Å². The molecule has 0 aliphatic heterocycles. The minimum atomic E-state index is 0.164. The summed E-state index contributed by atoms with van der Waals surface area (Å²) in [4.78, 5) is 0. The Morgan fingerprint density at radius 1 is 1.24 bits per heavy atom. The molecule has 118 valence electrons. The number of rotatable bonds is 6. The van der Waals surface area contributed by atoms with Crippen LogP contribution in [-0.4, -0.2) is 19.2 Å². The minimum Gasteiger partial charge on any atom is -0.369 e. The summed E-state index contributed by atoms with van der Waals surface area (Å²) in [6.07, 6.45) is 4.23. The molecule has 0 aromatic heterocycles. The lowest BCUT2D eigenvalue weighted by atomic mass is 9.71. The van der Waals surface area contributed by atoms with Crippen molar-refractivity contribution >= 4 is 0 Å². The smallest absolute Gasteiger partial charge is 0.0952 e. The van der Waals surface area contributed by atoms with Gasteiger partial charge >= 0.3 is 0 Å². The van der Waals surface area contributed by atoms with E-state index in [4.69, 9.17) is 4.74 Å². The van der Waals surface area contributed by atoms with E-state index in [-0.39, 0.29) is 6.10 Å². The molecule has 21 heavy (non-hydrogen) atoms. The topological polar surface area (TPSA) is 21.3 Å². The van der Waals surface area contributed by atoms with Crippen molar-refractivity contribution in [3.05, 3.63) is 35.9 Å². The second-order valence-electron chi connectivity index (χ2n) is 7.38. The van der Waals surface area contributed by atoms with Gasteiger partial charge in [0.1, 0.15) is 0 Å². The molecule has 1 fully saturated rings. The molecule has 0 bridgehead atoms. The van der Waals surface area contributed by atoms with E-state index >= 15 is 0 Å². The molecule has 0 spiro atoms. The van der Waals surface area contributed by atoms with Crippen molar-refractivity contribution in [3.63, 3.8) is 0 Å². The van der Waals surface area contributed by atoms with Gasteiger partial charge in [0.05, 0.1) is 12.2 Å². The largest absolute Gasteiger partial charge is 0.369 e. The Morgan fingerprint density at radius 3 is 2.57 bits per heavy atom. The molecule has 2 rings (SSSR count). The molecule has 0 radical (unpaired) electrons. The number of likely N-dealkylation sites (N-methyl/N-ethyl adjacent to an activating group) is 1. The Balaban J connectivity index is 2.04. The van der Waals surface area contributed by atoms with Gasteiger partial charge in [-0.2, -0.15) is 0 Å². The summed E-state index contributed by atoms with van der Waals surface area (Å²) in [6.45, 7) is 11.1. The molecule has 1 aromatic carbocycles. The van der Waals surface area contributed by atoms with E-state index in [1.54, 1.807) is 0 Å². The summed E-state index contributed by atoms with van der Waals surface area (Å²) in [7, 11) is 0. The number of hydrogen-bond donors (Lipinski definition) is 1. The average molecular weight is 289 g/mol. The van der Waals surface area contributed by atoms with E-state index in [0.29, 0.717) is 11.5 Å². The fourth-order valence-electron chi connectivity index (χ4n) is 3.78. The third-order valence-corrected chi connectivity index (χ3v) is 4.45. The molecule has 1 saturated carbocycles. The number of hydrogen-bond acceptors (Lipinski definition) is 2. The first-order valence-corrected chi connectivity index (χ1v) is 8.41. The molecular formula is C19H31NO. The summed E-state index contributed by atoms with van der Waals surface area (Å²) < 4.78 is 6.52. The van der Waals surface area contributed by atoms with Gasteiger partial charge in [0, 0.05) is 6.54 Å². The van der Waals surface area contributed by atoms with Gasteiger partial charge in [-0.05, 0) is 42.7 Å². The van der Waals surface area contributed by atoms with Crippen LogP contribution >= 0.6 is 0 Å². The van der Waals surface area contributed by atoms with Crippen LogP contribution in [0.2, 0.25) is 0 Å². The van der Waals surface area contributed by atoms with Crippen molar-refractivity contribution < 1.29 is 4.74 Å². The maximum atomic E-state index is 6.52. The lowest BCUT2D eigenvalue weighted by Gasteiger charge is -2.40. The quantitative estimate of drug-likeness (QED) is 0.828. The van der Waals surface area contributed by atoms with Crippen LogP contribution in [0.3, 0.4) is 0 Å². The number of benzene rings is 1. The molecule has 0 heterocycles. The van der Waals surface area contributed by atoms with Crippen LogP contribution < -0.4 is 5.32 Å². The van der Waals surface area contributed by atoms with Gasteiger partial charge in [0.25, 0.3) is 0 Å². The Morgan fingerprint density at radius 2 is 1.95 bits per heavy atom. The van der Waals surface area contributed by atoms with E-state index in [2.05, 4.69) is 63.3 Å². The van der Waals surface area contributed by atoms with E-state index in [1.165, 1.54) is 24.8 Å². The van der Waals surface area contributed by atoms with E-state index in [1.807, 2.05) is 0 Å². The van der Waals surface area contributed by atoms with E-state index in [9.17, 15) is 0 Å². The minimum absolute atomic E-state index is 0.164. The van der Waals surface area contributed by atoms with Crippen molar-refractivity contribution in [1.29, 1.82) is 0 Å². The number of ether oxygens (including phenoxy) is 1. The highest BCUT2D eigenvalue weighted by atomic mass is 16.5. The monoisotopic (exact) mass is 289 g/mol. The lowest BCUT2D eigenvalue weighted by molar-refractivity contribution is -0.0660. The second-order valence-corrected chi connectivity index (χ2v) is 7.38. The number of nitrogens with one attached hydrogen (secondary N) is 1. The van der Waals surface area contributed by atoms with Crippen LogP contribution in [0.5, 0.6) is 0 Å². The van der Waals surface area contributed by atoms with Crippen LogP contribution in [0.25, 0.3) is 0 Å². The van der Waals surface area contributed by atoms with Crippen LogP contribution in [0, 0.1) is 11.3 Å². The van der Waals surface area contributed by atoms with Gasteiger partial charge in [-0.15, -0.1) is 0 Å². The predicted molar refractivity (Wildman–Crippen MR) is 89.4 cm³/mol. The molecule has 2 nitrogen and oxygen atoms in total. The highest BCUT2D eigenvalue weighted by Gasteiger charge is 2.33. The molecule has 3 unspecified atom stereocenters. The third-order valence-electron chi connectivity index (χ3n) is 4.45. The van der Waals surface area contributed by atoms with Gasteiger partial charge < -0.3 is 10.1 Å². The molecule has 3 atom stereocenters. The second kappa shape index (κ2) is 7.42. The molecule has 2 heteroatoms. The zero-order valence-corrected chi connectivity index (χ0v) is 14.1. The van der Waals surface area contributed by atoms with Gasteiger partial charge in [0.15, 0.2) is 0 Å². The van der Waals surface area contributed by atoms with Crippen molar-refractivity contribution in [2.45, 2.75) is 59.2 Å². The summed E-state index contributed by atoms with van der Waals surface area (Å²) in [5, 5.41) is 3.44. The Hall–Kier alpha value is -0.860. The van der Waals surface area contributed by atoms with E-state index in [0.717, 1.165) is 19.0 Å². The molecule has 1 aliphatic rings. The van der Waals surface area contributed by atoms with Crippen LogP contribution in [0.1, 0.15) is 58.6 Å². The maximum Gasteiger partial charge on any atom is 0.0952 e. The molecule has 0 amide bonds. The Bertz CT molecular complexity index is 415. The zero-order chi connectivity index (χ0) is 15.3. The first kappa shape index (κ1) is 16.5. The van der Waals surface area contributed by atoms with Crippen LogP contribution in [0.15, 0.2) is 30.3 Å². The van der Waals surface area contributed by atoms with Gasteiger partial charge in [-0.3, -0.25) is 0 Å². The Kier molecular flexibility index (Phi) is 5.83. The molecule has 0 saturated heterocycles. The fraction of sp³-hybridized carbons (Fsp3) is 0.684. The summed E-state index contributed by atoms with van der Waals surface area (Å²) in [6, 6.07) is 10.6. The van der Waals surface area contributed by atoms with Crippen molar-refractivity contribution in [2.75, 3.05) is 13.1 Å². The Labute approximate surface area is 130 Å². The average Bonchev–Trinajstić information content (AvgIpc) is 2.42. The molecule has 1 aliphatic carbocycles. The maximum absolute atomic E-state index is 6.52. The first-order chi connectivity index (χ1) is 10.00. The molecule has 1 N–H and O–H groups in total.